The molecule has 8 heteroatoms. The van der Waals surface area contributed by atoms with Gasteiger partial charge in [-0.2, -0.15) is 0 Å². The minimum atomic E-state index is -1.32. The molecular formula is C22H19ClO7. The molecule has 156 valence electrons. The van der Waals surface area contributed by atoms with E-state index in [2.05, 4.69) is 0 Å². The van der Waals surface area contributed by atoms with Gasteiger partial charge in [-0.25, -0.2) is 14.4 Å². The molecule has 0 unspecified atom stereocenters. The lowest BCUT2D eigenvalue weighted by molar-refractivity contribution is -0.222. The molecule has 0 aromatic heterocycles. The zero-order valence-electron chi connectivity index (χ0n) is 16.6. The quantitative estimate of drug-likeness (QED) is 0.304. The van der Waals surface area contributed by atoms with Gasteiger partial charge in [-0.05, 0) is 55.0 Å². The number of carbonyl (C=O) groups is 3. The fourth-order valence-corrected chi connectivity index (χ4v) is 2.78. The SMILES string of the molecule is CCOc1cc(C=C2C(=O)OC(C)(C)OC2=O)ccc1OC(=O)c1ccc(Cl)cc1. The van der Waals surface area contributed by atoms with Crippen LogP contribution in [0, 0.1) is 0 Å². The highest BCUT2D eigenvalue weighted by Crippen LogP contribution is 2.31. The molecule has 1 aliphatic rings. The van der Waals surface area contributed by atoms with Crippen LogP contribution < -0.4 is 9.47 Å². The first-order valence-electron chi connectivity index (χ1n) is 9.11. The highest BCUT2D eigenvalue weighted by molar-refractivity contribution is 6.30. The lowest BCUT2D eigenvalue weighted by Crippen LogP contribution is -2.41. The second-order valence-electron chi connectivity index (χ2n) is 6.77. The number of hydrogen-bond acceptors (Lipinski definition) is 7. The monoisotopic (exact) mass is 430 g/mol. The predicted molar refractivity (Wildman–Crippen MR) is 108 cm³/mol. The maximum absolute atomic E-state index is 12.4. The number of cyclic esters (lactones) is 2. The third-order valence-electron chi connectivity index (χ3n) is 3.98. The van der Waals surface area contributed by atoms with Gasteiger partial charge in [-0.15, -0.1) is 0 Å². The van der Waals surface area contributed by atoms with Crippen LogP contribution in [-0.4, -0.2) is 30.3 Å². The van der Waals surface area contributed by atoms with Crippen molar-refractivity contribution in [3.05, 3.63) is 64.2 Å². The van der Waals surface area contributed by atoms with Gasteiger partial charge in [-0.3, -0.25) is 0 Å². The molecule has 3 rings (SSSR count). The van der Waals surface area contributed by atoms with Crippen molar-refractivity contribution < 1.29 is 33.3 Å². The molecule has 1 fully saturated rings. The Morgan fingerprint density at radius 1 is 1.03 bits per heavy atom. The first-order valence-corrected chi connectivity index (χ1v) is 9.49. The standard InChI is InChI=1S/C22H19ClO7/c1-4-27-18-12-13(11-16-20(25)29-22(2,3)30-21(16)26)5-10-17(18)28-19(24)14-6-8-15(23)9-7-14/h5-12H,4H2,1-3H3. The number of esters is 3. The maximum Gasteiger partial charge on any atom is 0.348 e. The molecule has 0 spiro atoms. The largest absolute Gasteiger partial charge is 0.490 e. The molecule has 0 aliphatic carbocycles. The van der Waals surface area contributed by atoms with E-state index in [9.17, 15) is 14.4 Å². The van der Waals surface area contributed by atoms with Gasteiger partial charge in [0.25, 0.3) is 5.79 Å². The zero-order chi connectivity index (χ0) is 21.9. The summed E-state index contributed by atoms with van der Waals surface area (Å²) in [6.45, 7) is 5.02. The van der Waals surface area contributed by atoms with Gasteiger partial charge in [0.15, 0.2) is 11.5 Å². The maximum atomic E-state index is 12.4. The molecule has 7 nitrogen and oxygen atoms in total. The van der Waals surface area contributed by atoms with Crippen LogP contribution in [0.25, 0.3) is 6.08 Å². The average Bonchev–Trinajstić information content (AvgIpc) is 2.66. The molecule has 2 aromatic carbocycles. The molecule has 0 N–H and O–H groups in total. The van der Waals surface area contributed by atoms with Crippen LogP contribution in [0.4, 0.5) is 0 Å². The van der Waals surface area contributed by atoms with Crippen LogP contribution in [0.2, 0.25) is 5.02 Å². The van der Waals surface area contributed by atoms with Crippen molar-refractivity contribution in [3.63, 3.8) is 0 Å². The Morgan fingerprint density at radius 3 is 2.27 bits per heavy atom. The van der Waals surface area contributed by atoms with E-state index >= 15 is 0 Å². The summed E-state index contributed by atoms with van der Waals surface area (Å²) >= 11 is 5.83. The Kier molecular flexibility index (Phi) is 6.12. The minimum Gasteiger partial charge on any atom is -0.490 e. The Hall–Kier alpha value is -3.32. The number of ether oxygens (including phenoxy) is 4. The molecule has 0 radical (unpaired) electrons. The van der Waals surface area contributed by atoms with Crippen molar-refractivity contribution >= 4 is 35.6 Å². The van der Waals surface area contributed by atoms with Crippen molar-refractivity contribution in [2.24, 2.45) is 0 Å². The van der Waals surface area contributed by atoms with E-state index in [-0.39, 0.29) is 17.1 Å². The van der Waals surface area contributed by atoms with Gasteiger partial charge >= 0.3 is 17.9 Å². The summed E-state index contributed by atoms with van der Waals surface area (Å²) in [6.07, 6.45) is 1.33. The number of hydrogen-bond donors (Lipinski definition) is 0. The fourth-order valence-electron chi connectivity index (χ4n) is 2.66. The highest BCUT2D eigenvalue weighted by Gasteiger charge is 2.38. The fraction of sp³-hybridized carbons (Fsp3) is 0.227. The van der Waals surface area contributed by atoms with Crippen molar-refractivity contribution in [2.45, 2.75) is 26.6 Å². The molecule has 2 aromatic rings. The van der Waals surface area contributed by atoms with Gasteiger partial charge < -0.3 is 18.9 Å². The van der Waals surface area contributed by atoms with E-state index in [0.29, 0.717) is 22.8 Å². The van der Waals surface area contributed by atoms with E-state index < -0.39 is 23.7 Å². The van der Waals surface area contributed by atoms with E-state index in [1.54, 1.807) is 43.3 Å². The van der Waals surface area contributed by atoms with E-state index in [1.807, 2.05) is 0 Å². The zero-order valence-corrected chi connectivity index (χ0v) is 17.3. The minimum absolute atomic E-state index is 0.189. The van der Waals surface area contributed by atoms with Crippen molar-refractivity contribution in [2.75, 3.05) is 6.61 Å². The third kappa shape index (κ3) is 4.99. The Bertz CT molecular complexity index is 1000. The van der Waals surface area contributed by atoms with E-state index in [1.165, 1.54) is 26.0 Å². The summed E-state index contributed by atoms with van der Waals surface area (Å²) < 4.78 is 21.1. The lowest BCUT2D eigenvalue weighted by atomic mass is 10.1. The van der Waals surface area contributed by atoms with E-state index in [0.717, 1.165) is 0 Å². The molecule has 0 bridgehead atoms. The molecular weight excluding hydrogens is 412 g/mol. The Balaban J connectivity index is 1.86. The van der Waals surface area contributed by atoms with Crippen LogP contribution in [0.5, 0.6) is 11.5 Å². The number of rotatable bonds is 5. The summed E-state index contributed by atoms with van der Waals surface area (Å²) in [7, 11) is 0. The number of carbonyl (C=O) groups excluding carboxylic acids is 3. The second kappa shape index (κ2) is 8.59. The van der Waals surface area contributed by atoms with Gasteiger partial charge in [-0.1, -0.05) is 17.7 Å². The van der Waals surface area contributed by atoms with Crippen LogP contribution in [0.1, 0.15) is 36.7 Å². The van der Waals surface area contributed by atoms with Gasteiger partial charge in [0.2, 0.25) is 0 Å². The lowest BCUT2D eigenvalue weighted by Gasteiger charge is -2.29. The van der Waals surface area contributed by atoms with Gasteiger partial charge in [0.1, 0.15) is 5.57 Å². The summed E-state index contributed by atoms with van der Waals surface area (Å²) in [5, 5.41) is 0.502. The van der Waals surface area contributed by atoms with Crippen LogP contribution >= 0.6 is 11.6 Å². The Labute approximate surface area is 178 Å². The highest BCUT2D eigenvalue weighted by atomic mass is 35.5. The topological polar surface area (TPSA) is 88.1 Å². The molecule has 1 aliphatic heterocycles. The van der Waals surface area contributed by atoms with E-state index in [4.69, 9.17) is 30.5 Å². The van der Waals surface area contributed by atoms with Crippen molar-refractivity contribution in [3.8, 4) is 11.5 Å². The third-order valence-corrected chi connectivity index (χ3v) is 4.23. The summed E-state index contributed by atoms with van der Waals surface area (Å²) in [6, 6.07) is 10.9. The van der Waals surface area contributed by atoms with Crippen molar-refractivity contribution in [1.29, 1.82) is 0 Å². The normalized spacial score (nSPS) is 15.1. The summed E-state index contributed by atoms with van der Waals surface area (Å²) in [4.78, 5) is 36.6. The van der Waals surface area contributed by atoms with Crippen LogP contribution in [0.15, 0.2) is 48.0 Å². The average molecular weight is 431 g/mol. The number of halogens is 1. The molecule has 0 atom stereocenters. The van der Waals surface area contributed by atoms with Gasteiger partial charge in [0, 0.05) is 18.9 Å². The van der Waals surface area contributed by atoms with Crippen LogP contribution in [0.3, 0.4) is 0 Å². The first-order chi connectivity index (χ1) is 14.2. The predicted octanol–water partition coefficient (Wildman–Crippen LogP) is 4.18. The molecule has 0 amide bonds. The van der Waals surface area contributed by atoms with Crippen molar-refractivity contribution in [1.82, 2.24) is 0 Å². The molecule has 30 heavy (non-hydrogen) atoms. The smallest absolute Gasteiger partial charge is 0.348 e. The van der Waals surface area contributed by atoms with Gasteiger partial charge in [0.05, 0.1) is 12.2 Å². The van der Waals surface area contributed by atoms with Crippen LogP contribution in [-0.2, 0) is 19.1 Å². The summed E-state index contributed by atoms with van der Waals surface area (Å²) in [5.74, 6) is -3.01. The number of benzene rings is 2. The summed E-state index contributed by atoms with van der Waals surface area (Å²) in [5.41, 5.74) is 0.541. The first kappa shape index (κ1) is 21.4. The second-order valence-corrected chi connectivity index (χ2v) is 7.21. The molecule has 1 saturated heterocycles. The Morgan fingerprint density at radius 2 is 1.67 bits per heavy atom. The molecule has 1 heterocycles. The molecule has 0 saturated carbocycles.